The summed E-state index contributed by atoms with van der Waals surface area (Å²) in [5.74, 6) is -0.488. The number of ether oxygens (including phenoxy) is 1. The highest BCUT2D eigenvalue weighted by Crippen LogP contribution is 2.14. The molecule has 0 aromatic heterocycles. The zero-order chi connectivity index (χ0) is 18.3. The van der Waals surface area contributed by atoms with Crippen LogP contribution in [0.4, 0.5) is 16.2 Å². The summed E-state index contributed by atoms with van der Waals surface area (Å²) >= 11 is 0. The van der Waals surface area contributed by atoms with Crippen molar-refractivity contribution < 1.29 is 19.1 Å². The zero-order valence-corrected chi connectivity index (χ0v) is 14.8. The molecule has 1 aromatic rings. The number of likely N-dealkylation sites (N-methyl/N-ethyl adjacent to an activating group) is 1. The Morgan fingerprint density at radius 1 is 1.04 bits per heavy atom. The number of nitrogens with zero attached hydrogens (tertiary/aromatic N) is 1. The van der Waals surface area contributed by atoms with Crippen molar-refractivity contribution in [3.8, 4) is 0 Å². The standard InChI is InChI=1S/C17H25N3O4/c1-6-20(16(23)24-17(3,4)5)11-15(22)19-14-9-7-13(8-10-14)18-12(2)21/h7-10H,6,11H2,1-5H3,(H,18,21)(H,19,22). The van der Waals surface area contributed by atoms with Crippen molar-refractivity contribution >= 4 is 29.3 Å². The van der Waals surface area contributed by atoms with Crippen LogP contribution in [0.15, 0.2) is 24.3 Å². The molecule has 7 nitrogen and oxygen atoms in total. The molecule has 0 atom stereocenters. The minimum absolute atomic E-state index is 0.0984. The van der Waals surface area contributed by atoms with E-state index >= 15 is 0 Å². The Balaban J connectivity index is 2.60. The van der Waals surface area contributed by atoms with Crippen molar-refractivity contribution in [2.24, 2.45) is 0 Å². The molecule has 1 rings (SSSR count). The molecule has 0 aliphatic rings. The molecular formula is C17H25N3O4. The first kappa shape index (κ1) is 19.5. The van der Waals surface area contributed by atoms with E-state index in [1.54, 1.807) is 52.0 Å². The molecule has 0 spiro atoms. The molecule has 24 heavy (non-hydrogen) atoms. The maximum atomic E-state index is 12.1. The van der Waals surface area contributed by atoms with Crippen LogP contribution in [-0.2, 0) is 14.3 Å². The Labute approximate surface area is 142 Å². The molecule has 3 amide bonds. The second-order valence-corrected chi connectivity index (χ2v) is 6.30. The molecule has 132 valence electrons. The fraction of sp³-hybridized carbons (Fsp3) is 0.471. The van der Waals surface area contributed by atoms with Crippen LogP contribution in [0.1, 0.15) is 34.6 Å². The number of nitrogens with one attached hydrogen (secondary N) is 2. The van der Waals surface area contributed by atoms with Gasteiger partial charge in [0.1, 0.15) is 12.1 Å². The summed E-state index contributed by atoms with van der Waals surface area (Å²) in [6, 6.07) is 6.71. The Kier molecular flexibility index (Phi) is 6.76. The summed E-state index contributed by atoms with van der Waals surface area (Å²) in [7, 11) is 0. The highest BCUT2D eigenvalue weighted by atomic mass is 16.6. The lowest BCUT2D eigenvalue weighted by Crippen LogP contribution is -2.41. The van der Waals surface area contributed by atoms with Crippen LogP contribution in [0.25, 0.3) is 0 Å². The third-order valence-corrected chi connectivity index (χ3v) is 2.86. The predicted molar refractivity (Wildman–Crippen MR) is 92.9 cm³/mol. The van der Waals surface area contributed by atoms with Gasteiger partial charge in [-0.2, -0.15) is 0 Å². The first-order chi connectivity index (χ1) is 11.1. The molecule has 7 heteroatoms. The summed E-state index contributed by atoms with van der Waals surface area (Å²) in [4.78, 5) is 36.4. The van der Waals surface area contributed by atoms with Gasteiger partial charge >= 0.3 is 6.09 Å². The normalized spacial score (nSPS) is 10.7. The molecule has 0 aliphatic carbocycles. The molecule has 2 N–H and O–H groups in total. The van der Waals surface area contributed by atoms with E-state index in [1.807, 2.05) is 0 Å². The minimum atomic E-state index is -0.611. The minimum Gasteiger partial charge on any atom is -0.444 e. The van der Waals surface area contributed by atoms with Gasteiger partial charge in [0.05, 0.1) is 0 Å². The van der Waals surface area contributed by atoms with Crippen molar-refractivity contribution in [1.29, 1.82) is 0 Å². The van der Waals surface area contributed by atoms with Gasteiger partial charge in [0.25, 0.3) is 0 Å². The lowest BCUT2D eigenvalue weighted by Gasteiger charge is -2.26. The number of rotatable bonds is 5. The zero-order valence-electron chi connectivity index (χ0n) is 14.8. The Morgan fingerprint density at radius 3 is 1.96 bits per heavy atom. The predicted octanol–water partition coefficient (Wildman–Crippen LogP) is 2.84. The fourth-order valence-corrected chi connectivity index (χ4v) is 1.85. The van der Waals surface area contributed by atoms with E-state index in [2.05, 4.69) is 10.6 Å². The van der Waals surface area contributed by atoms with Crippen LogP contribution in [0.3, 0.4) is 0 Å². The molecule has 0 saturated carbocycles. The van der Waals surface area contributed by atoms with Gasteiger partial charge in [0.2, 0.25) is 11.8 Å². The first-order valence-electron chi connectivity index (χ1n) is 7.76. The van der Waals surface area contributed by atoms with Gasteiger partial charge in [-0.15, -0.1) is 0 Å². The van der Waals surface area contributed by atoms with Crippen LogP contribution in [-0.4, -0.2) is 41.5 Å². The molecule has 0 aliphatic heterocycles. The van der Waals surface area contributed by atoms with Gasteiger partial charge in [0, 0.05) is 24.8 Å². The van der Waals surface area contributed by atoms with Gasteiger partial charge in [-0.3, -0.25) is 14.5 Å². The fourth-order valence-electron chi connectivity index (χ4n) is 1.85. The van der Waals surface area contributed by atoms with Crippen molar-refractivity contribution in [3.63, 3.8) is 0 Å². The topological polar surface area (TPSA) is 87.7 Å². The maximum absolute atomic E-state index is 12.1. The lowest BCUT2D eigenvalue weighted by atomic mass is 10.2. The van der Waals surface area contributed by atoms with E-state index in [-0.39, 0.29) is 18.4 Å². The van der Waals surface area contributed by atoms with Crippen LogP contribution < -0.4 is 10.6 Å². The smallest absolute Gasteiger partial charge is 0.410 e. The summed E-state index contributed by atoms with van der Waals surface area (Å²) in [6.45, 7) is 8.79. The Hall–Kier alpha value is -2.57. The number of benzene rings is 1. The average Bonchev–Trinajstić information content (AvgIpc) is 2.44. The summed E-state index contributed by atoms with van der Waals surface area (Å²) < 4.78 is 5.26. The van der Waals surface area contributed by atoms with E-state index in [4.69, 9.17) is 4.74 Å². The van der Waals surface area contributed by atoms with Gasteiger partial charge < -0.3 is 15.4 Å². The lowest BCUT2D eigenvalue weighted by molar-refractivity contribution is -0.117. The van der Waals surface area contributed by atoms with Gasteiger partial charge in [-0.25, -0.2) is 4.79 Å². The van der Waals surface area contributed by atoms with Gasteiger partial charge in [-0.05, 0) is 52.0 Å². The highest BCUT2D eigenvalue weighted by Gasteiger charge is 2.22. The largest absolute Gasteiger partial charge is 0.444 e. The summed E-state index contributed by atoms with van der Waals surface area (Å²) in [5.41, 5.74) is 0.611. The van der Waals surface area contributed by atoms with Crippen LogP contribution >= 0.6 is 0 Å². The van der Waals surface area contributed by atoms with Crippen molar-refractivity contribution in [2.45, 2.75) is 40.2 Å². The monoisotopic (exact) mass is 335 g/mol. The van der Waals surface area contributed by atoms with E-state index in [9.17, 15) is 14.4 Å². The van der Waals surface area contributed by atoms with E-state index < -0.39 is 11.7 Å². The summed E-state index contributed by atoms with van der Waals surface area (Å²) in [6.07, 6.45) is -0.527. The third kappa shape index (κ3) is 7.13. The molecular weight excluding hydrogens is 310 g/mol. The first-order valence-corrected chi connectivity index (χ1v) is 7.76. The molecule has 1 aromatic carbocycles. The quantitative estimate of drug-likeness (QED) is 0.866. The van der Waals surface area contributed by atoms with E-state index in [1.165, 1.54) is 11.8 Å². The molecule has 0 fully saturated rings. The van der Waals surface area contributed by atoms with Crippen LogP contribution in [0.2, 0.25) is 0 Å². The van der Waals surface area contributed by atoms with Crippen molar-refractivity contribution in [1.82, 2.24) is 4.90 Å². The van der Waals surface area contributed by atoms with Crippen molar-refractivity contribution in [3.05, 3.63) is 24.3 Å². The number of hydrogen-bond acceptors (Lipinski definition) is 4. The number of hydrogen-bond donors (Lipinski definition) is 2. The van der Waals surface area contributed by atoms with Crippen LogP contribution in [0, 0.1) is 0 Å². The Bertz CT molecular complexity index is 591. The van der Waals surface area contributed by atoms with E-state index in [0.717, 1.165) is 0 Å². The Morgan fingerprint density at radius 2 is 1.54 bits per heavy atom. The maximum Gasteiger partial charge on any atom is 0.410 e. The molecule has 0 unspecified atom stereocenters. The second-order valence-electron chi connectivity index (χ2n) is 6.30. The average molecular weight is 335 g/mol. The second kappa shape index (κ2) is 8.33. The van der Waals surface area contributed by atoms with Gasteiger partial charge in [-0.1, -0.05) is 0 Å². The third-order valence-electron chi connectivity index (χ3n) is 2.86. The number of anilines is 2. The van der Waals surface area contributed by atoms with Crippen molar-refractivity contribution in [2.75, 3.05) is 23.7 Å². The molecule has 0 saturated heterocycles. The number of carbonyl (C=O) groups excluding carboxylic acids is 3. The highest BCUT2D eigenvalue weighted by molar-refractivity contribution is 5.94. The summed E-state index contributed by atoms with van der Waals surface area (Å²) in [5, 5.41) is 5.35. The van der Waals surface area contributed by atoms with Crippen LogP contribution in [0.5, 0.6) is 0 Å². The molecule has 0 heterocycles. The SMILES string of the molecule is CCN(CC(=O)Nc1ccc(NC(C)=O)cc1)C(=O)OC(C)(C)C. The number of carbonyl (C=O) groups is 3. The van der Waals surface area contributed by atoms with E-state index in [0.29, 0.717) is 17.9 Å². The number of amides is 3. The molecule has 0 bridgehead atoms. The van der Waals surface area contributed by atoms with Gasteiger partial charge in [0.15, 0.2) is 0 Å². The molecule has 0 radical (unpaired) electrons.